The third kappa shape index (κ3) is 3.11. The molecule has 21 heavy (non-hydrogen) atoms. The van der Waals surface area contributed by atoms with E-state index in [0.29, 0.717) is 5.92 Å². The van der Waals surface area contributed by atoms with Crippen LogP contribution in [0.5, 0.6) is 0 Å². The van der Waals surface area contributed by atoms with E-state index in [4.69, 9.17) is 0 Å². The van der Waals surface area contributed by atoms with Crippen LogP contribution in [0.2, 0.25) is 0 Å². The van der Waals surface area contributed by atoms with Crippen LogP contribution in [0, 0.1) is 0 Å². The van der Waals surface area contributed by atoms with Crippen molar-refractivity contribution >= 4 is 11.9 Å². The highest BCUT2D eigenvalue weighted by Crippen LogP contribution is 2.31. The van der Waals surface area contributed by atoms with E-state index in [-0.39, 0.29) is 0 Å². The van der Waals surface area contributed by atoms with Crippen LogP contribution < -0.4 is 5.43 Å². The molecule has 1 aliphatic carbocycles. The van der Waals surface area contributed by atoms with Gasteiger partial charge in [-0.15, -0.1) is 0 Å². The summed E-state index contributed by atoms with van der Waals surface area (Å²) in [7, 11) is 0. The molecule has 0 amide bonds. The van der Waals surface area contributed by atoms with Crippen molar-refractivity contribution in [2.45, 2.75) is 12.8 Å². The molecular weight excluding hydrogens is 256 g/mol. The second kappa shape index (κ2) is 6.23. The van der Waals surface area contributed by atoms with E-state index >= 15 is 0 Å². The molecule has 2 aromatic rings. The van der Waals surface area contributed by atoms with Gasteiger partial charge in [0.15, 0.2) is 0 Å². The van der Waals surface area contributed by atoms with Gasteiger partial charge in [0, 0.05) is 5.92 Å². The van der Waals surface area contributed by atoms with Gasteiger partial charge in [-0.3, -0.25) is 5.43 Å². The van der Waals surface area contributed by atoms with Gasteiger partial charge in [-0.25, -0.2) is 0 Å². The topological polar surface area (TPSA) is 24.4 Å². The highest BCUT2D eigenvalue weighted by molar-refractivity contribution is 5.83. The standard InChI is InChI=1S/C19H18N2/c1-15-8-7-13-18(15)19-12-6-5-9-16(19)14-20-21-17-10-3-2-4-11-17/h2-14,18,21H,1H3. The number of rotatable bonds is 4. The Morgan fingerprint density at radius 1 is 1.00 bits per heavy atom. The Kier molecular flexibility index (Phi) is 3.97. The lowest BCUT2D eigenvalue weighted by atomic mass is 9.91. The first kappa shape index (κ1) is 13.4. The number of nitrogens with one attached hydrogen (secondary N) is 1. The zero-order chi connectivity index (χ0) is 14.5. The highest BCUT2D eigenvalue weighted by atomic mass is 15.3. The van der Waals surface area contributed by atoms with E-state index in [0.717, 1.165) is 11.3 Å². The molecule has 2 heteroatoms. The maximum Gasteiger partial charge on any atom is 0.0561 e. The minimum Gasteiger partial charge on any atom is -0.279 e. The first-order valence-electron chi connectivity index (χ1n) is 7.12. The monoisotopic (exact) mass is 274 g/mol. The van der Waals surface area contributed by atoms with Crippen molar-refractivity contribution < 1.29 is 0 Å². The molecular formula is C19H18N2. The molecule has 0 bridgehead atoms. The summed E-state index contributed by atoms with van der Waals surface area (Å²) in [5.41, 5.74) is 7.85. The largest absolute Gasteiger partial charge is 0.279 e. The maximum atomic E-state index is 4.35. The van der Waals surface area contributed by atoms with Gasteiger partial charge in [0.1, 0.15) is 0 Å². The van der Waals surface area contributed by atoms with E-state index in [1.165, 1.54) is 11.1 Å². The molecule has 0 aromatic heterocycles. The van der Waals surface area contributed by atoms with Crippen LogP contribution in [0.25, 0.3) is 0 Å². The van der Waals surface area contributed by atoms with E-state index in [1.807, 2.05) is 42.6 Å². The van der Waals surface area contributed by atoms with E-state index in [1.54, 1.807) is 0 Å². The summed E-state index contributed by atoms with van der Waals surface area (Å²) in [6, 6.07) is 18.4. The zero-order valence-corrected chi connectivity index (χ0v) is 12.0. The third-order valence-corrected chi connectivity index (χ3v) is 3.66. The minimum absolute atomic E-state index is 0.365. The number of hydrogen-bond acceptors (Lipinski definition) is 2. The number of hydrogen-bond donors (Lipinski definition) is 1. The van der Waals surface area contributed by atoms with Gasteiger partial charge in [-0.2, -0.15) is 5.10 Å². The van der Waals surface area contributed by atoms with E-state index in [9.17, 15) is 0 Å². The van der Waals surface area contributed by atoms with Crippen molar-refractivity contribution in [2.24, 2.45) is 5.10 Å². The van der Waals surface area contributed by atoms with Gasteiger partial charge in [-0.05, 0) is 30.2 Å². The number of allylic oxidation sites excluding steroid dienone is 4. The van der Waals surface area contributed by atoms with Gasteiger partial charge < -0.3 is 0 Å². The van der Waals surface area contributed by atoms with Crippen molar-refractivity contribution in [2.75, 3.05) is 5.43 Å². The van der Waals surface area contributed by atoms with E-state index < -0.39 is 0 Å². The molecule has 0 fully saturated rings. The smallest absolute Gasteiger partial charge is 0.0561 e. The number of para-hydroxylation sites is 1. The Balaban J connectivity index is 1.80. The molecule has 0 saturated heterocycles. The zero-order valence-electron chi connectivity index (χ0n) is 12.0. The normalized spacial score (nSPS) is 17.2. The van der Waals surface area contributed by atoms with Crippen LogP contribution in [0.1, 0.15) is 24.0 Å². The average molecular weight is 274 g/mol. The molecule has 0 aliphatic heterocycles. The molecule has 0 saturated carbocycles. The van der Waals surface area contributed by atoms with Crippen molar-refractivity contribution in [3.05, 3.63) is 89.5 Å². The molecule has 1 unspecified atom stereocenters. The Bertz CT molecular complexity index is 697. The molecule has 104 valence electrons. The summed E-state index contributed by atoms with van der Waals surface area (Å²) >= 11 is 0. The second-order valence-electron chi connectivity index (χ2n) is 5.14. The third-order valence-electron chi connectivity index (χ3n) is 3.66. The summed E-state index contributed by atoms with van der Waals surface area (Å²) in [5, 5.41) is 4.35. The average Bonchev–Trinajstić information content (AvgIpc) is 2.95. The SMILES string of the molecule is CC1=CC=CC1c1ccccc1C=NNc1ccccc1. The minimum atomic E-state index is 0.365. The summed E-state index contributed by atoms with van der Waals surface area (Å²) < 4.78 is 0. The fourth-order valence-electron chi connectivity index (χ4n) is 2.52. The van der Waals surface area contributed by atoms with Gasteiger partial charge >= 0.3 is 0 Å². The van der Waals surface area contributed by atoms with Gasteiger partial charge in [0.05, 0.1) is 11.9 Å². The van der Waals surface area contributed by atoms with Crippen LogP contribution in [0.3, 0.4) is 0 Å². The Morgan fingerprint density at radius 3 is 2.52 bits per heavy atom. The molecule has 2 nitrogen and oxygen atoms in total. The molecule has 0 spiro atoms. The molecule has 1 aliphatic rings. The second-order valence-corrected chi connectivity index (χ2v) is 5.14. The molecule has 0 heterocycles. The number of nitrogens with zero attached hydrogens (tertiary/aromatic N) is 1. The predicted molar refractivity (Wildman–Crippen MR) is 89.7 cm³/mol. The van der Waals surface area contributed by atoms with Crippen molar-refractivity contribution in [1.29, 1.82) is 0 Å². The summed E-state index contributed by atoms with van der Waals surface area (Å²) in [6.45, 7) is 2.17. The highest BCUT2D eigenvalue weighted by Gasteiger charge is 2.15. The van der Waals surface area contributed by atoms with Crippen LogP contribution in [-0.4, -0.2) is 6.21 Å². The summed E-state index contributed by atoms with van der Waals surface area (Å²) in [6.07, 6.45) is 8.41. The van der Waals surface area contributed by atoms with Gasteiger partial charge in [-0.1, -0.05) is 66.3 Å². The molecule has 1 N–H and O–H groups in total. The number of anilines is 1. The lowest BCUT2D eigenvalue weighted by molar-refractivity contribution is 1.01. The molecule has 0 radical (unpaired) electrons. The Hall–Kier alpha value is -2.61. The lowest BCUT2D eigenvalue weighted by Crippen LogP contribution is -2.00. The Labute approximate surface area is 125 Å². The van der Waals surface area contributed by atoms with Gasteiger partial charge in [0.25, 0.3) is 0 Å². The number of hydrazone groups is 1. The van der Waals surface area contributed by atoms with Crippen LogP contribution in [0.4, 0.5) is 5.69 Å². The lowest BCUT2D eigenvalue weighted by Gasteiger charge is -2.13. The first-order valence-corrected chi connectivity index (χ1v) is 7.12. The Morgan fingerprint density at radius 2 is 1.76 bits per heavy atom. The quantitative estimate of drug-likeness (QED) is 0.632. The molecule has 1 atom stereocenters. The number of benzene rings is 2. The molecule has 3 rings (SSSR count). The van der Waals surface area contributed by atoms with Crippen molar-refractivity contribution in [1.82, 2.24) is 0 Å². The van der Waals surface area contributed by atoms with E-state index in [2.05, 4.69) is 53.9 Å². The van der Waals surface area contributed by atoms with Crippen LogP contribution in [0.15, 0.2) is 83.5 Å². The maximum absolute atomic E-state index is 4.35. The van der Waals surface area contributed by atoms with Crippen molar-refractivity contribution in [3.63, 3.8) is 0 Å². The van der Waals surface area contributed by atoms with Crippen molar-refractivity contribution in [3.8, 4) is 0 Å². The first-order chi connectivity index (χ1) is 10.3. The summed E-state index contributed by atoms with van der Waals surface area (Å²) in [4.78, 5) is 0. The fraction of sp³-hybridized carbons (Fsp3) is 0.105. The fourth-order valence-corrected chi connectivity index (χ4v) is 2.52. The van der Waals surface area contributed by atoms with Crippen LogP contribution >= 0.6 is 0 Å². The molecule has 2 aromatic carbocycles. The predicted octanol–water partition coefficient (Wildman–Crippen LogP) is 4.73. The van der Waals surface area contributed by atoms with Gasteiger partial charge in [0.2, 0.25) is 0 Å². The summed E-state index contributed by atoms with van der Waals surface area (Å²) in [5.74, 6) is 0.365. The van der Waals surface area contributed by atoms with Crippen LogP contribution in [-0.2, 0) is 0 Å².